The number of carbonyl (C=O) groups excluding carboxylic acids is 1. The van der Waals surface area contributed by atoms with Gasteiger partial charge in [-0.25, -0.2) is 0 Å². The highest BCUT2D eigenvalue weighted by Crippen LogP contribution is 2.32. The molecule has 1 atom stereocenters. The van der Waals surface area contributed by atoms with E-state index < -0.39 is 0 Å². The molecule has 1 aliphatic rings. The van der Waals surface area contributed by atoms with E-state index in [-0.39, 0.29) is 11.9 Å². The molecule has 3 rings (SSSR count). The predicted molar refractivity (Wildman–Crippen MR) is 95.9 cm³/mol. The summed E-state index contributed by atoms with van der Waals surface area (Å²) in [4.78, 5) is 14.9. The number of nitrogens with zero attached hydrogens (tertiary/aromatic N) is 3. The van der Waals surface area contributed by atoms with Crippen LogP contribution in [0.25, 0.3) is 0 Å². The van der Waals surface area contributed by atoms with Crippen LogP contribution >= 0.6 is 0 Å². The van der Waals surface area contributed by atoms with Gasteiger partial charge in [0.1, 0.15) is 0 Å². The molecular formula is C20H27N3O. The van der Waals surface area contributed by atoms with E-state index in [1.54, 1.807) is 0 Å². The van der Waals surface area contributed by atoms with E-state index in [1.165, 1.54) is 16.7 Å². The molecular weight excluding hydrogens is 298 g/mol. The Morgan fingerprint density at radius 1 is 1.21 bits per heavy atom. The predicted octanol–water partition coefficient (Wildman–Crippen LogP) is 3.64. The Hall–Kier alpha value is -2.10. The summed E-state index contributed by atoms with van der Waals surface area (Å²) in [6, 6.07) is 8.86. The van der Waals surface area contributed by atoms with Crippen molar-refractivity contribution >= 4 is 5.91 Å². The van der Waals surface area contributed by atoms with Crippen molar-refractivity contribution in [3.8, 4) is 0 Å². The van der Waals surface area contributed by atoms with E-state index >= 15 is 0 Å². The molecule has 2 heterocycles. The fourth-order valence-electron chi connectivity index (χ4n) is 3.76. The number of likely N-dealkylation sites (tertiary alicyclic amines) is 1. The maximum atomic E-state index is 12.8. The van der Waals surface area contributed by atoms with Crippen molar-refractivity contribution in [2.24, 2.45) is 7.05 Å². The first-order valence-corrected chi connectivity index (χ1v) is 8.82. The Kier molecular flexibility index (Phi) is 4.74. The zero-order chi connectivity index (χ0) is 17.3. The maximum absolute atomic E-state index is 12.8. The van der Waals surface area contributed by atoms with Gasteiger partial charge < -0.3 is 4.90 Å². The molecule has 4 heteroatoms. The third kappa shape index (κ3) is 3.23. The lowest BCUT2D eigenvalue weighted by Gasteiger charge is -2.25. The van der Waals surface area contributed by atoms with Gasteiger partial charge in [-0.1, -0.05) is 29.8 Å². The van der Waals surface area contributed by atoms with Crippen LogP contribution in [0.2, 0.25) is 0 Å². The Balaban J connectivity index is 1.68. The Labute approximate surface area is 144 Å². The van der Waals surface area contributed by atoms with Gasteiger partial charge >= 0.3 is 0 Å². The monoisotopic (exact) mass is 325 g/mol. The number of aromatic nitrogens is 2. The molecule has 1 aromatic carbocycles. The van der Waals surface area contributed by atoms with Crippen molar-refractivity contribution in [2.45, 2.75) is 52.5 Å². The molecule has 0 bridgehead atoms. The van der Waals surface area contributed by atoms with Gasteiger partial charge in [-0.05, 0) is 51.2 Å². The van der Waals surface area contributed by atoms with Crippen LogP contribution < -0.4 is 0 Å². The van der Waals surface area contributed by atoms with Gasteiger partial charge in [0.15, 0.2) is 0 Å². The van der Waals surface area contributed by atoms with E-state index in [2.05, 4.69) is 48.1 Å². The third-order valence-corrected chi connectivity index (χ3v) is 5.28. The van der Waals surface area contributed by atoms with Crippen molar-refractivity contribution in [3.05, 3.63) is 52.3 Å². The lowest BCUT2D eigenvalue weighted by molar-refractivity contribution is -0.132. The Bertz CT molecular complexity index is 730. The minimum Gasteiger partial charge on any atom is -0.336 e. The highest BCUT2D eigenvalue weighted by Gasteiger charge is 2.29. The van der Waals surface area contributed by atoms with Gasteiger partial charge in [-0.2, -0.15) is 5.10 Å². The molecule has 0 spiro atoms. The van der Waals surface area contributed by atoms with E-state index in [9.17, 15) is 4.79 Å². The standard InChI is InChI=1S/C20H27N3O/c1-14-7-9-17(10-8-14)19-6-5-13-23(19)20(24)12-11-18-15(2)21-22(4)16(18)3/h7-10,19H,5-6,11-13H2,1-4H3. The lowest BCUT2D eigenvalue weighted by atomic mass is 10.0. The number of carbonyl (C=O) groups is 1. The molecule has 1 aliphatic heterocycles. The van der Waals surface area contributed by atoms with Crippen LogP contribution in [-0.2, 0) is 18.3 Å². The van der Waals surface area contributed by atoms with Crippen molar-refractivity contribution in [1.29, 1.82) is 0 Å². The number of amides is 1. The summed E-state index contributed by atoms with van der Waals surface area (Å²) in [6.07, 6.45) is 3.51. The third-order valence-electron chi connectivity index (χ3n) is 5.28. The molecule has 1 aromatic heterocycles. The normalized spacial score (nSPS) is 17.5. The molecule has 0 aliphatic carbocycles. The maximum Gasteiger partial charge on any atom is 0.223 e. The molecule has 0 radical (unpaired) electrons. The van der Waals surface area contributed by atoms with Gasteiger partial charge in [0.25, 0.3) is 0 Å². The van der Waals surface area contributed by atoms with Crippen molar-refractivity contribution in [1.82, 2.24) is 14.7 Å². The average molecular weight is 325 g/mol. The molecule has 128 valence electrons. The summed E-state index contributed by atoms with van der Waals surface area (Å²) in [5.74, 6) is 0.265. The number of rotatable bonds is 4. The van der Waals surface area contributed by atoms with Crippen LogP contribution in [0.1, 0.15) is 53.4 Å². The Morgan fingerprint density at radius 2 is 1.92 bits per heavy atom. The average Bonchev–Trinajstić information content (AvgIpc) is 3.13. The van der Waals surface area contributed by atoms with Crippen LogP contribution in [0.15, 0.2) is 24.3 Å². The minimum absolute atomic E-state index is 0.245. The largest absolute Gasteiger partial charge is 0.336 e. The molecule has 1 fully saturated rings. The molecule has 4 nitrogen and oxygen atoms in total. The summed E-state index contributed by atoms with van der Waals surface area (Å²) in [7, 11) is 1.96. The summed E-state index contributed by atoms with van der Waals surface area (Å²) in [5.41, 5.74) is 5.95. The summed E-state index contributed by atoms with van der Waals surface area (Å²) in [5, 5.41) is 4.45. The molecule has 1 unspecified atom stereocenters. The molecule has 0 N–H and O–H groups in total. The smallest absolute Gasteiger partial charge is 0.223 e. The Morgan fingerprint density at radius 3 is 2.54 bits per heavy atom. The van der Waals surface area contributed by atoms with Crippen LogP contribution in [-0.4, -0.2) is 27.1 Å². The summed E-state index contributed by atoms with van der Waals surface area (Å²) >= 11 is 0. The molecule has 1 amide bonds. The van der Waals surface area contributed by atoms with Crippen LogP contribution in [0, 0.1) is 20.8 Å². The number of benzene rings is 1. The fourth-order valence-corrected chi connectivity index (χ4v) is 3.76. The fraction of sp³-hybridized carbons (Fsp3) is 0.500. The first kappa shape index (κ1) is 16.7. The minimum atomic E-state index is 0.245. The van der Waals surface area contributed by atoms with E-state index in [1.807, 2.05) is 18.7 Å². The zero-order valence-corrected chi connectivity index (χ0v) is 15.2. The SMILES string of the molecule is Cc1ccc(C2CCCN2C(=O)CCc2c(C)nn(C)c2C)cc1. The van der Waals surface area contributed by atoms with Gasteiger partial charge in [0.2, 0.25) is 5.91 Å². The van der Waals surface area contributed by atoms with Gasteiger partial charge in [0.05, 0.1) is 11.7 Å². The van der Waals surface area contributed by atoms with E-state index in [0.29, 0.717) is 6.42 Å². The number of hydrogen-bond acceptors (Lipinski definition) is 2. The van der Waals surface area contributed by atoms with E-state index in [0.717, 1.165) is 37.2 Å². The van der Waals surface area contributed by atoms with Crippen LogP contribution in [0.3, 0.4) is 0 Å². The molecule has 1 saturated heterocycles. The second kappa shape index (κ2) is 6.80. The topological polar surface area (TPSA) is 38.1 Å². The van der Waals surface area contributed by atoms with Gasteiger partial charge in [-0.3, -0.25) is 9.48 Å². The number of hydrogen-bond donors (Lipinski definition) is 0. The van der Waals surface area contributed by atoms with Crippen LogP contribution in [0.4, 0.5) is 0 Å². The summed E-state index contributed by atoms with van der Waals surface area (Å²) in [6.45, 7) is 7.07. The van der Waals surface area contributed by atoms with Crippen molar-refractivity contribution in [2.75, 3.05) is 6.54 Å². The van der Waals surface area contributed by atoms with Gasteiger partial charge in [0, 0.05) is 25.7 Å². The quantitative estimate of drug-likeness (QED) is 0.861. The van der Waals surface area contributed by atoms with E-state index in [4.69, 9.17) is 0 Å². The summed E-state index contributed by atoms with van der Waals surface area (Å²) < 4.78 is 1.90. The highest BCUT2D eigenvalue weighted by atomic mass is 16.2. The first-order chi connectivity index (χ1) is 11.5. The molecule has 24 heavy (non-hydrogen) atoms. The van der Waals surface area contributed by atoms with Gasteiger partial charge in [-0.15, -0.1) is 0 Å². The lowest BCUT2D eigenvalue weighted by Crippen LogP contribution is -2.30. The highest BCUT2D eigenvalue weighted by molar-refractivity contribution is 5.77. The number of aryl methyl sites for hydroxylation is 3. The second-order valence-electron chi connectivity index (χ2n) is 6.93. The molecule has 2 aromatic rings. The van der Waals surface area contributed by atoms with Crippen molar-refractivity contribution < 1.29 is 4.79 Å². The molecule has 0 saturated carbocycles. The second-order valence-corrected chi connectivity index (χ2v) is 6.93. The van der Waals surface area contributed by atoms with Crippen molar-refractivity contribution in [3.63, 3.8) is 0 Å². The first-order valence-electron chi connectivity index (χ1n) is 8.82. The zero-order valence-electron chi connectivity index (χ0n) is 15.2. The van der Waals surface area contributed by atoms with Crippen LogP contribution in [0.5, 0.6) is 0 Å².